The van der Waals surface area contributed by atoms with Gasteiger partial charge in [-0.1, -0.05) is 38.1 Å². The van der Waals surface area contributed by atoms with E-state index in [2.05, 4.69) is 47.9 Å². The minimum absolute atomic E-state index is 0.104. The van der Waals surface area contributed by atoms with Crippen LogP contribution in [-0.2, 0) is 16.6 Å². The monoisotopic (exact) mass is 421 g/mol. The molecule has 0 N–H and O–H groups in total. The number of sulfonamides is 1. The van der Waals surface area contributed by atoms with Gasteiger partial charge in [0.05, 0.1) is 6.26 Å². The predicted octanol–water partition coefficient (Wildman–Crippen LogP) is 3.52. The molecule has 2 fully saturated rings. The van der Waals surface area contributed by atoms with Crippen LogP contribution < -0.4 is 0 Å². The highest BCUT2D eigenvalue weighted by Crippen LogP contribution is 2.22. The van der Waals surface area contributed by atoms with Crippen LogP contribution in [0.25, 0.3) is 0 Å². The van der Waals surface area contributed by atoms with E-state index in [9.17, 15) is 8.42 Å². The van der Waals surface area contributed by atoms with Crippen molar-refractivity contribution in [2.45, 2.75) is 64.5 Å². The first-order valence-electron chi connectivity index (χ1n) is 11.3. The Balaban J connectivity index is 1.56. The van der Waals surface area contributed by atoms with Crippen LogP contribution in [0, 0.1) is 0 Å². The van der Waals surface area contributed by atoms with Crippen molar-refractivity contribution in [2.75, 3.05) is 45.5 Å². The second-order valence-electron chi connectivity index (χ2n) is 9.20. The topological polar surface area (TPSA) is 43.9 Å². The summed E-state index contributed by atoms with van der Waals surface area (Å²) in [6, 6.07) is 9.00. The smallest absolute Gasteiger partial charge is 0.211 e. The van der Waals surface area contributed by atoms with E-state index in [1.165, 1.54) is 43.3 Å². The lowest BCUT2D eigenvalue weighted by Crippen LogP contribution is -2.50. The van der Waals surface area contributed by atoms with Crippen molar-refractivity contribution >= 4 is 10.0 Å². The molecule has 0 bridgehead atoms. The van der Waals surface area contributed by atoms with Crippen LogP contribution in [-0.4, -0.2) is 74.1 Å². The van der Waals surface area contributed by atoms with Crippen LogP contribution in [0.15, 0.2) is 24.3 Å². The third-order valence-electron chi connectivity index (χ3n) is 6.42. The molecule has 0 radical (unpaired) electrons. The van der Waals surface area contributed by atoms with Gasteiger partial charge in [0.1, 0.15) is 0 Å². The van der Waals surface area contributed by atoms with E-state index in [0.717, 1.165) is 45.4 Å². The van der Waals surface area contributed by atoms with Gasteiger partial charge >= 0.3 is 0 Å². The van der Waals surface area contributed by atoms with E-state index >= 15 is 0 Å². The lowest BCUT2D eigenvalue weighted by molar-refractivity contribution is 0.140. The van der Waals surface area contributed by atoms with Crippen LogP contribution in [0.2, 0.25) is 0 Å². The summed E-state index contributed by atoms with van der Waals surface area (Å²) in [5, 5.41) is 0. The number of likely N-dealkylation sites (tertiary alicyclic amines) is 2. The Labute approximate surface area is 178 Å². The summed E-state index contributed by atoms with van der Waals surface area (Å²) in [5.74, 6) is 0.548. The fourth-order valence-electron chi connectivity index (χ4n) is 4.75. The van der Waals surface area contributed by atoms with Gasteiger partial charge in [-0.25, -0.2) is 8.42 Å². The summed E-state index contributed by atoms with van der Waals surface area (Å²) in [7, 11) is -3.18. The van der Waals surface area contributed by atoms with E-state index < -0.39 is 10.0 Å². The predicted molar refractivity (Wildman–Crippen MR) is 121 cm³/mol. The van der Waals surface area contributed by atoms with E-state index in [1.807, 2.05) is 0 Å². The Morgan fingerprint density at radius 2 is 1.69 bits per heavy atom. The van der Waals surface area contributed by atoms with Crippen molar-refractivity contribution < 1.29 is 8.42 Å². The van der Waals surface area contributed by atoms with Gasteiger partial charge in [0, 0.05) is 25.7 Å². The van der Waals surface area contributed by atoms with Crippen LogP contribution >= 0.6 is 0 Å². The van der Waals surface area contributed by atoms with Crippen molar-refractivity contribution in [3.63, 3.8) is 0 Å². The summed E-state index contributed by atoms with van der Waals surface area (Å²) >= 11 is 0. The zero-order valence-electron chi connectivity index (χ0n) is 18.5. The largest absolute Gasteiger partial charge is 0.303 e. The van der Waals surface area contributed by atoms with Crippen LogP contribution in [0.3, 0.4) is 0 Å². The number of hydrogen-bond acceptors (Lipinski definition) is 4. The molecule has 2 aliphatic rings. The molecule has 29 heavy (non-hydrogen) atoms. The first-order chi connectivity index (χ1) is 13.8. The summed E-state index contributed by atoms with van der Waals surface area (Å²) < 4.78 is 26.8. The average molecular weight is 422 g/mol. The molecule has 0 aromatic heterocycles. The SMILES string of the molecule is CC(C)c1ccc(CN2CCCC(N(CCCN3CCCC3)S(C)(=O)=O)C2)cc1. The molecule has 2 aliphatic heterocycles. The molecule has 5 nitrogen and oxygen atoms in total. The van der Waals surface area contributed by atoms with Crippen LogP contribution in [0.5, 0.6) is 0 Å². The van der Waals surface area contributed by atoms with E-state index in [4.69, 9.17) is 0 Å². The van der Waals surface area contributed by atoms with Gasteiger partial charge in [0.15, 0.2) is 0 Å². The van der Waals surface area contributed by atoms with Gasteiger partial charge in [-0.15, -0.1) is 0 Å². The minimum atomic E-state index is -3.18. The summed E-state index contributed by atoms with van der Waals surface area (Å²) in [6.07, 6.45) is 6.91. The Kier molecular flexibility index (Phi) is 8.14. The summed E-state index contributed by atoms with van der Waals surface area (Å²) in [4.78, 5) is 4.89. The van der Waals surface area contributed by atoms with Crippen molar-refractivity contribution in [3.05, 3.63) is 35.4 Å². The Morgan fingerprint density at radius 1 is 1.03 bits per heavy atom. The van der Waals surface area contributed by atoms with Crippen molar-refractivity contribution in [1.82, 2.24) is 14.1 Å². The third-order valence-corrected chi connectivity index (χ3v) is 7.75. The van der Waals surface area contributed by atoms with Gasteiger partial charge in [0.25, 0.3) is 0 Å². The molecule has 2 heterocycles. The molecule has 0 saturated carbocycles. The summed E-state index contributed by atoms with van der Waals surface area (Å²) in [5.41, 5.74) is 2.68. The molecule has 1 atom stereocenters. The fraction of sp³-hybridized carbons (Fsp3) is 0.739. The Morgan fingerprint density at radius 3 is 2.31 bits per heavy atom. The highest BCUT2D eigenvalue weighted by Gasteiger charge is 2.30. The molecule has 3 rings (SSSR count). The molecule has 1 aromatic carbocycles. The Bertz CT molecular complexity index is 727. The normalized spacial score (nSPS) is 22.0. The van der Waals surface area contributed by atoms with Crippen molar-refractivity contribution in [2.24, 2.45) is 0 Å². The molecule has 164 valence electrons. The van der Waals surface area contributed by atoms with Crippen molar-refractivity contribution in [3.8, 4) is 0 Å². The fourth-order valence-corrected chi connectivity index (χ4v) is 5.93. The van der Waals surface area contributed by atoms with E-state index in [0.29, 0.717) is 12.5 Å². The molecule has 0 spiro atoms. The quantitative estimate of drug-likeness (QED) is 0.612. The van der Waals surface area contributed by atoms with Gasteiger partial charge in [-0.05, 0) is 75.3 Å². The van der Waals surface area contributed by atoms with Crippen molar-refractivity contribution in [1.29, 1.82) is 0 Å². The first-order valence-corrected chi connectivity index (χ1v) is 13.2. The van der Waals surface area contributed by atoms with Gasteiger partial charge in [-0.2, -0.15) is 4.31 Å². The molecule has 0 amide bonds. The first kappa shape index (κ1) is 22.7. The molecule has 1 aromatic rings. The minimum Gasteiger partial charge on any atom is -0.303 e. The van der Waals surface area contributed by atoms with Crippen LogP contribution in [0.1, 0.15) is 63.0 Å². The molecular weight excluding hydrogens is 382 g/mol. The number of hydrogen-bond donors (Lipinski definition) is 0. The lowest BCUT2D eigenvalue weighted by atomic mass is 10.0. The number of nitrogens with zero attached hydrogens (tertiary/aromatic N) is 3. The van der Waals surface area contributed by atoms with Gasteiger partial charge in [0.2, 0.25) is 10.0 Å². The zero-order valence-corrected chi connectivity index (χ0v) is 19.3. The van der Waals surface area contributed by atoms with Gasteiger partial charge in [-0.3, -0.25) is 4.90 Å². The van der Waals surface area contributed by atoms with E-state index in [1.54, 1.807) is 4.31 Å². The highest BCUT2D eigenvalue weighted by atomic mass is 32.2. The molecule has 6 heteroatoms. The molecule has 2 saturated heterocycles. The molecular formula is C23H39N3O2S. The Hall–Kier alpha value is -0.950. The third kappa shape index (κ3) is 6.78. The van der Waals surface area contributed by atoms with Gasteiger partial charge < -0.3 is 4.90 Å². The second-order valence-corrected chi connectivity index (χ2v) is 11.1. The maximum Gasteiger partial charge on any atom is 0.211 e. The zero-order chi connectivity index (χ0) is 20.9. The average Bonchev–Trinajstić information content (AvgIpc) is 3.18. The molecule has 1 unspecified atom stereocenters. The molecule has 0 aliphatic carbocycles. The standard InChI is InChI=1S/C23H39N3O2S/c1-20(2)22-11-9-21(10-12-22)18-25-15-6-8-23(19-25)26(29(3,27)28)17-7-16-24-13-4-5-14-24/h9-12,20,23H,4-8,13-19H2,1-3H3. The second kappa shape index (κ2) is 10.4. The van der Waals surface area contributed by atoms with E-state index in [-0.39, 0.29) is 6.04 Å². The maximum absolute atomic E-state index is 12.5. The highest BCUT2D eigenvalue weighted by molar-refractivity contribution is 7.88. The maximum atomic E-state index is 12.5. The number of benzene rings is 1. The lowest BCUT2D eigenvalue weighted by Gasteiger charge is -2.38. The number of piperidine rings is 1. The number of rotatable bonds is 9. The van der Waals surface area contributed by atoms with Crippen LogP contribution in [0.4, 0.5) is 0 Å². The summed E-state index contributed by atoms with van der Waals surface area (Å²) in [6.45, 7) is 11.2.